The van der Waals surface area contributed by atoms with Gasteiger partial charge in [0.1, 0.15) is 5.82 Å². The summed E-state index contributed by atoms with van der Waals surface area (Å²) in [6.45, 7) is 1.41. The molecule has 3 heterocycles. The smallest absolute Gasteiger partial charge is 0.292 e. The van der Waals surface area contributed by atoms with Crippen molar-refractivity contribution in [2.24, 2.45) is 0 Å². The average molecular weight is 437 g/mol. The molecule has 0 aliphatic carbocycles. The number of β-amino-alcohol motifs (C(OH)–C–C–N with tert-alkyl or cyclic N) is 1. The molecule has 0 unspecified atom stereocenters. The molecule has 1 atom stereocenters. The topological polar surface area (TPSA) is 104 Å². The Bertz CT molecular complexity index is 1020. The first-order valence-electron chi connectivity index (χ1n) is 10.0. The van der Waals surface area contributed by atoms with Crippen LogP contribution in [0.3, 0.4) is 0 Å². The molecule has 2 aliphatic heterocycles. The Kier molecular flexibility index (Phi) is 5.90. The van der Waals surface area contributed by atoms with E-state index in [9.17, 15) is 22.7 Å². The quantitative estimate of drug-likeness (QED) is 0.784. The number of sulfonamides is 1. The van der Waals surface area contributed by atoms with Gasteiger partial charge in [-0.2, -0.15) is 4.31 Å². The van der Waals surface area contributed by atoms with Gasteiger partial charge >= 0.3 is 0 Å². The Balaban J connectivity index is 1.39. The van der Waals surface area contributed by atoms with E-state index in [1.54, 1.807) is 11.0 Å². The van der Waals surface area contributed by atoms with Crippen molar-refractivity contribution < 1.29 is 27.2 Å². The van der Waals surface area contributed by atoms with E-state index >= 15 is 0 Å². The average Bonchev–Trinajstić information content (AvgIpc) is 3.23. The molecule has 0 radical (unpaired) electrons. The number of benzene rings is 1. The summed E-state index contributed by atoms with van der Waals surface area (Å²) >= 11 is 0. The second-order valence-electron chi connectivity index (χ2n) is 7.80. The molecule has 162 valence electrons. The van der Waals surface area contributed by atoms with Crippen LogP contribution in [0.1, 0.15) is 47.8 Å². The van der Waals surface area contributed by atoms with Crippen LogP contribution in [-0.4, -0.2) is 66.1 Å². The van der Waals surface area contributed by atoms with Gasteiger partial charge in [-0.3, -0.25) is 4.79 Å². The fraction of sp³-hybridized carbons (Fsp3) is 0.500. The maximum absolute atomic E-state index is 13.4. The van der Waals surface area contributed by atoms with E-state index in [-0.39, 0.29) is 42.1 Å². The number of likely N-dealkylation sites (tertiary alicyclic amines) is 1. The SMILES string of the molecule is O=C(c1cc(C2CCN(S(=O)(=O)c3cccc(F)c3)CC2)no1)N1CCC[C@H](O)C1. The van der Waals surface area contributed by atoms with Crippen LogP contribution < -0.4 is 0 Å². The second kappa shape index (κ2) is 8.44. The van der Waals surface area contributed by atoms with Crippen LogP contribution in [0.5, 0.6) is 0 Å². The largest absolute Gasteiger partial charge is 0.391 e. The number of carbonyl (C=O) groups excluding carboxylic acids is 1. The normalized spacial score (nSPS) is 21.7. The first-order chi connectivity index (χ1) is 14.3. The van der Waals surface area contributed by atoms with Gasteiger partial charge in [-0.15, -0.1) is 0 Å². The zero-order valence-electron chi connectivity index (χ0n) is 16.4. The minimum atomic E-state index is -3.75. The maximum atomic E-state index is 13.4. The Labute approximate surface area is 174 Å². The van der Waals surface area contributed by atoms with E-state index in [1.807, 2.05) is 0 Å². The van der Waals surface area contributed by atoms with Crippen LogP contribution in [0.4, 0.5) is 4.39 Å². The number of aromatic nitrogens is 1. The predicted molar refractivity (Wildman–Crippen MR) is 105 cm³/mol. The first-order valence-corrected chi connectivity index (χ1v) is 11.5. The highest BCUT2D eigenvalue weighted by molar-refractivity contribution is 7.89. The molecule has 2 fully saturated rings. The summed E-state index contributed by atoms with van der Waals surface area (Å²) in [6.07, 6.45) is 1.96. The van der Waals surface area contributed by atoms with E-state index in [2.05, 4.69) is 5.16 Å². The van der Waals surface area contributed by atoms with Crippen molar-refractivity contribution in [3.63, 3.8) is 0 Å². The van der Waals surface area contributed by atoms with Gasteiger partial charge in [0.25, 0.3) is 5.91 Å². The summed E-state index contributed by atoms with van der Waals surface area (Å²) in [5.74, 6) is -0.777. The Hall–Kier alpha value is -2.30. The van der Waals surface area contributed by atoms with E-state index in [1.165, 1.54) is 22.5 Å². The molecular weight excluding hydrogens is 413 g/mol. The van der Waals surface area contributed by atoms with Gasteiger partial charge in [0.2, 0.25) is 15.8 Å². The number of halogens is 1. The summed E-state index contributed by atoms with van der Waals surface area (Å²) in [6, 6.07) is 6.61. The summed E-state index contributed by atoms with van der Waals surface area (Å²) in [5, 5.41) is 13.8. The van der Waals surface area contributed by atoms with Crippen molar-refractivity contribution in [3.05, 3.63) is 47.6 Å². The summed E-state index contributed by atoms with van der Waals surface area (Å²) < 4.78 is 45.5. The zero-order valence-corrected chi connectivity index (χ0v) is 17.2. The van der Waals surface area contributed by atoms with Crippen LogP contribution >= 0.6 is 0 Å². The first kappa shape index (κ1) is 21.0. The van der Waals surface area contributed by atoms with Gasteiger partial charge in [-0.25, -0.2) is 12.8 Å². The number of nitrogens with zero attached hydrogens (tertiary/aromatic N) is 3. The Morgan fingerprint density at radius 3 is 2.63 bits per heavy atom. The Morgan fingerprint density at radius 1 is 1.17 bits per heavy atom. The molecule has 30 heavy (non-hydrogen) atoms. The van der Waals surface area contributed by atoms with Crippen molar-refractivity contribution in [3.8, 4) is 0 Å². The molecule has 4 rings (SSSR count). The van der Waals surface area contributed by atoms with Gasteiger partial charge < -0.3 is 14.5 Å². The van der Waals surface area contributed by atoms with Crippen LogP contribution in [-0.2, 0) is 10.0 Å². The molecule has 0 spiro atoms. The van der Waals surface area contributed by atoms with E-state index in [0.29, 0.717) is 31.5 Å². The summed E-state index contributed by atoms with van der Waals surface area (Å²) in [5.41, 5.74) is 0.624. The number of aliphatic hydroxyl groups excluding tert-OH is 1. The van der Waals surface area contributed by atoms with E-state index in [4.69, 9.17) is 4.52 Å². The minimum absolute atomic E-state index is 0.0267. The van der Waals surface area contributed by atoms with Crippen LogP contribution in [0.15, 0.2) is 39.8 Å². The van der Waals surface area contributed by atoms with E-state index in [0.717, 1.165) is 12.5 Å². The van der Waals surface area contributed by atoms with Gasteiger partial charge in [-0.05, 0) is 43.9 Å². The van der Waals surface area contributed by atoms with Crippen molar-refractivity contribution in [2.75, 3.05) is 26.2 Å². The molecule has 8 nitrogen and oxygen atoms in total. The molecule has 1 aromatic carbocycles. The summed E-state index contributed by atoms with van der Waals surface area (Å²) in [7, 11) is -3.75. The monoisotopic (exact) mass is 437 g/mol. The number of amides is 1. The highest BCUT2D eigenvalue weighted by Gasteiger charge is 2.32. The number of hydrogen-bond donors (Lipinski definition) is 1. The minimum Gasteiger partial charge on any atom is -0.391 e. The van der Waals surface area contributed by atoms with E-state index < -0.39 is 21.9 Å². The molecule has 10 heteroatoms. The summed E-state index contributed by atoms with van der Waals surface area (Å²) in [4.78, 5) is 14.1. The fourth-order valence-corrected chi connectivity index (χ4v) is 5.55. The fourth-order valence-electron chi connectivity index (χ4n) is 4.05. The standard InChI is InChI=1S/C20H24FN3O5S/c21-15-3-1-5-17(11-15)30(27,28)24-9-6-14(7-10-24)18-12-19(29-22-18)20(26)23-8-2-4-16(25)13-23/h1,3,5,11-12,14,16,25H,2,4,6-10,13H2/t16-/m0/s1. The molecular formula is C20H24FN3O5S. The second-order valence-corrected chi connectivity index (χ2v) is 9.74. The molecule has 1 aromatic heterocycles. The van der Waals surface area contributed by atoms with Gasteiger partial charge in [-0.1, -0.05) is 11.2 Å². The number of rotatable bonds is 4. The number of carbonyl (C=O) groups is 1. The molecule has 2 saturated heterocycles. The molecule has 0 saturated carbocycles. The lowest BCUT2D eigenvalue weighted by molar-refractivity contribution is 0.0441. The lowest BCUT2D eigenvalue weighted by Crippen LogP contribution is -2.42. The lowest BCUT2D eigenvalue weighted by Gasteiger charge is -2.30. The van der Waals surface area contributed by atoms with Crippen LogP contribution in [0, 0.1) is 5.82 Å². The number of aliphatic hydroxyl groups is 1. The van der Waals surface area contributed by atoms with Crippen molar-refractivity contribution >= 4 is 15.9 Å². The molecule has 1 amide bonds. The highest BCUT2D eigenvalue weighted by Crippen LogP contribution is 2.31. The third-order valence-corrected chi connectivity index (χ3v) is 7.62. The third kappa shape index (κ3) is 4.26. The zero-order chi connectivity index (χ0) is 21.3. The maximum Gasteiger partial charge on any atom is 0.292 e. The number of hydrogen-bond acceptors (Lipinski definition) is 6. The van der Waals surface area contributed by atoms with Crippen molar-refractivity contribution in [1.29, 1.82) is 0 Å². The number of piperidine rings is 2. The van der Waals surface area contributed by atoms with Crippen molar-refractivity contribution in [1.82, 2.24) is 14.4 Å². The van der Waals surface area contributed by atoms with Crippen LogP contribution in [0.2, 0.25) is 0 Å². The molecule has 2 aromatic rings. The van der Waals surface area contributed by atoms with Gasteiger partial charge in [0.15, 0.2) is 0 Å². The van der Waals surface area contributed by atoms with Crippen molar-refractivity contribution in [2.45, 2.75) is 42.6 Å². The third-order valence-electron chi connectivity index (χ3n) is 5.73. The lowest BCUT2D eigenvalue weighted by atomic mass is 9.94. The molecule has 2 aliphatic rings. The van der Waals surface area contributed by atoms with Gasteiger partial charge in [0, 0.05) is 38.2 Å². The highest BCUT2D eigenvalue weighted by atomic mass is 32.2. The molecule has 0 bridgehead atoms. The molecule has 1 N–H and O–H groups in total. The predicted octanol–water partition coefficient (Wildman–Crippen LogP) is 1.98. The Morgan fingerprint density at radius 2 is 1.93 bits per heavy atom. The van der Waals surface area contributed by atoms with Crippen LogP contribution in [0.25, 0.3) is 0 Å². The van der Waals surface area contributed by atoms with Gasteiger partial charge in [0.05, 0.1) is 16.7 Å².